The van der Waals surface area contributed by atoms with E-state index in [4.69, 9.17) is 21.6 Å². The van der Waals surface area contributed by atoms with E-state index >= 15 is 0 Å². The maximum atomic E-state index is 11.8. The van der Waals surface area contributed by atoms with E-state index in [9.17, 15) is 4.79 Å². The molecule has 0 atom stereocenters. The molecule has 2 heterocycles. The standard InChI is InChI=1S/C25H27ClN4O/c1-3-23-22(17-19-8-7-11-21(26)16-19)25(30-14-12-29(13-15-30)18(2)31)28-24(27-23)20-9-5-4-6-10-20/h4-11,16H,3,12-15,17H2,1-2H3. The summed E-state index contributed by atoms with van der Waals surface area (Å²) in [4.78, 5) is 26.0. The number of nitrogens with zero attached hydrogens (tertiary/aromatic N) is 4. The maximum Gasteiger partial charge on any atom is 0.219 e. The predicted molar refractivity (Wildman–Crippen MR) is 126 cm³/mol. The molecular formula is C25H27ClN4O. The number of aromatic nitrogens is 2. The van der Waals surface area contributed by atoms with E-state index in [1.165, 1.54) is 0 Å². The Morgan fingerprint density at radius 1 is 1.00 bits per heavy atom. The van der Waals surface area contributed by atoms with Crippen LogP contribution in [0.25, 0.3) is 11.4 Å². The number of aryl methyl sites for hydroxylation is 1. The Balaban J connectivity index is 1.77. The topological polar surface area (TPSA) is 49.3 Å². The van der Waals surface area contributed by atoms with Crippen molar-refractivity contribution < 1.29 is 4.79 Å². The fraction of sp³-hybridized carbons (Fsp3) is 0.320. The maximum absolute atomic E-state index is 11.8. The number of anilines is 1. The Hall–Kier alpha value is -2.92. The molecule has 3 aromatic rings. The van der Waals surface area contributed by atoms with E-state index in [0.29, 0.717) is 13.1 Å². The number of hydrogen-bond donors (Lipinski definition) is 0. The van der Waals surface area contributed by atoms with Gasteiger partial charge in [0.1, 0.15) is 5.82 Å². The zero-order valence-corrected chi connectivity index (χ0v) is 18.8. The molecule has 0 saturated carbocycles. The molecule has 0 spiro atoms. The number of piperazine rings is 1. The van der Waals surface area contributed by atoms with Crippen LogP contribution in [0.15, 0.2) is 54.6 Å². The molecule has 1 aliphatic heterocycles. The average molecular weight is 435 g/mol. The van der Waals surface area contributed by atoms with Gasteiger partial charge in [-0.1, -0.05) is 61.0 Å². The van der Waals surface area contributed by atoms with Crippen LogP contribution in [0.3, 0.4) is 0 Å². The molecule has 0 bridgehead atoms. The van der Waals surface area contributed by atoms with Crippen molar-refractivity contribution in [2.45, 2.75) is 26.7 Å². The lowest BCUT2D eigenvalue weighted by molar-refractivity contribution is -0.129. The van der Waals surface area contributed by atoms with Gasteiger partial charge in [-0.05, 0) is 24.1 Å². The lowest BCUT2D eigenvalue weighted by Crippen LogP contribution is -2.48. The third-order valence-electron chi connectivity index (χ3n) is 5.73. The minimum Gasteiger partial charge on any atom is -0.353 e. The third kappa shape index (κ3) is 4.88. The smallest absolute Gasteiger partial charge is 0.219 e. The zero-order valence-electron chi connectivity index (χ0n) is 18.0. The summed E-state index contributed by atoms with van der Waals surface area (Å²) in [5.74, 6) is 1.84. The van der Waals surface area contributed by atoms with Crippen molar-refractivity contribution in [1.82, 2.24) is 14.9 Å². The summed E-state index contributed by atoms with van der Waals surface area (Å²) in [7, 11) is 0. The van der Waals surface area contributed by atoms with Gasteiger partial charge in [-0.25, -0.2) is 9.97 Å². The highest BCUT2D eigenvalue weighted by Gasteiger charge is 2.24. The molecule has 4 rings (SSSR count). The van der Waals surface area contributed by atoms with Crippen molar-refractivity contribution in [3.63, 3.8) is 0 Å². The highest BCUT2D eigenvalue weighted by Crippen LogP contribution is 2.29. The van der Waals surface area contributed by atoms with E-state index < -0.39 is 0 Å². The molecule has 6 heteroatoms. The van der Waals surface area contributed by atoms with Crippen molar-refractivity contribution in [1.29, 1.82) is 0 Å². The van der Waals surface area contributed by atoms with Crippen LogP contribution in [0.1, 0.15) is 30.7 Å². The van der Waals surface area contributed by atoms with Crippen molar-refractivity contribution in [2.24, 2.45) is 0 Å². The molecular weight excluding hydrogens is 408 g/mol. The molecule has 0 radical (unpaired) electrons. The monoisotopic (exact) mass is 434 g/mol. The lowest BCUT2D eigenvalue weighted by Gasteiger charge is -2.36. The minimum absolute atomic E-state index is 0.126. The van der Waals surface area contributed by atoms with Crippen LogP contribution in [0.4, 0.5) is 5.82 Å². The molecule has 1 amide bonds. The van der Waals surface area contributed by atoms with Gasteiger partial charge >= 0.3 is 0 Å². The van der Waals surface area contributed by atoms with Crippen LogP contribution in [0, 0.1) is 0 Å². The van der Waals surface area contributed by atoms with Gasteiger partial charge in [-0.3, -0.25) is 4.79 Å². The third-order valence-corrected chi connectivity index (χ3v) is 5.97. The van der Waals surface area contributed by atoms with Gasteiger partial charge in [0, 0.05) is 61.4 Å². The van der Waals surface area contributed by atoms with Gasteiger partial charge in [0.25, 0.3) is 0 Å². The van der Waals surface area contributed by atoms with Crippen molar-refractivity contribution in [3.05, 3.63) is 76.4 Å². The zero-order chi connectivity index (χ0) is 21.8. The molecule has 1 fully saturated rings. The summed E-state index contributed by atoms with van der Waals surface area (Å²) in [6, 6.07) is 18.1. The van der Waals surface area contributed by atoms with Gasteiger partial charge in [0.15, 0.2) is 5.82 Å². The molecule has 5 nitrogen and oxygen atoms in total. The van der Waals surface area contributed by atoms with Gasteiger partial charge < -0.3 is 9.80 Å². The summed E-state index contributed by atoms with van der Waals surface area (Å²) in [6.07, 6.45) is 1.54. The molecule has 160 valence electrons. The average Bonchev–Trinajstić information content (AvgIpc) is 2.80. The second-order valence-corrected chi connectivity index (χ2v) is 8.25. The number of carbonyl (C=O) groups is 1. The van der Waals surface area contributed by atoms with Gasteiger partial charge in [0.2, 0.25) is 5.91 Å². The first-order chi connectivity index (χ1) is 15.0. The van der Waals surface area contributed by atoms with E-state index in [1.807, 2.05) is 53.4 Å². The number of halogens is 1. The Kier molecular flexibility index (Phi) is 6.52. The van der Waals surface area contributed by atoms with E-state index in [0.717, 1.165) is 65.0 Å². The van der Waals surface area contributed by atoms with E-state index in [-0.39, 0.29) is 5.91 Å². The first-order valence-electron chi connectivity index (χ1n) is 10.7. The molecule has 0 unspecified atom stereocenters. The summed E-state index contributed by atoms with van der Waals surface area (Å²) in [5.41, 5.74) is 4.34. The number of hydrogen-bond acceptors (Lipinski definition) is 4. The molecule has 2 aromatic carbocycles. The number of amides is 1. The highest BCUT2D eigenvalue weighted by atomic mass is 35.5. The Labute approximate surface area is 188 Å². The number of benzene rings is 2. The van der Waals surface area contributed by atoms with Crippen LogP contribution < -0.4 is 4.90 Å². The first-order valence-corrected chi connectivity index (χ1v) is 11.1. The van der Waals surface area contributed by atoms with Crippen molar-refractivity contribution >= 4 is 23.3 Å². The second kappa shape index (κ2) is 9.48. The number of rotatable bonds is 5. The first kappa shape index (κ1) is 21.3. The summed E-state index contributed by atoms with van der Waals surface area (Å²) >= 11 is 6.25. The van der Waals surface area contributed by atoms with Crippen LogP contribution in [-0.4, -0.2) is 47.0 Å². The molecule has 1 aromatic heterocycles. The van der Waals surface area contributed by atoms with Crippen LogP contribution in [0.5, 0.6) is 0 Å². The molecule has 0 aliphatic carbocycles. The van der Waals surface area contributed by atoms with Crippen LogP contribution in [-0.2, 0) is 17.6 Å². The normalized spacial score (nSPS) is 14.0. The fourth-order valence-electron chi connectivity index (χ4n) is 4.05. The molecule has 1 aliphatic rings. The molecule has 0 N–H and O–H groups in total. The second-order valence-electron chi connectivity index (χ2n) is 7.82. The van der Waals surface area contributed by atoms with E-state index in [1.54, 1.807) is 6.92 Å². The van der Waals surface area contributed by atoms with Gasteiger partial charge in [0.05, 0.1) is 0 Å². The highest BCUT2D eigenvalue weighted by molar-refractivity contribution is 6.30. The summed E-state index contributed by atoms with van der Waals surface area (Å²) in [6.45, 7) is 6.70. The molecule has 31 heavy (non-hydrogen) atoms. The van der Waals surface area contributed by atoms with E-state index in [2.05, 4.69) is 17.9 Å². The SMILES string of the molecule is CCc1nc(-c2ccccc2)nc(N2CCN(C(C)=O)CC2)c1Cc1cccc(Cl)c1. The van der Waals surface area contributed by atoms with Crippen molar-refractivity contribution in [3.8, 4) is 11.4 Å². The Morgan fingerprint density at radius 2 is 1.74 bits per heavy atom. The quantitative estimate of drug-likeness (QED) is 0.588. The lowest BCUT2D eigenvalue weighted by atomic mass is 10.0. The number of carbonyl (C=O) groups excluding carboxylic acids is 1. The van der Waals surface area contributed by atoms with Crippen molar-refractivity contribution in [2.75, 3.05) is 31.1 Å². The fourth-order valence-corrected chi connectivity index (χ4v) is 4.27. The Morgan fingerprint density at radius 3 is 2.39 bits per heavy atom. The predicted octanol–water partition coefficient (Wildman–Crippen LogP) is 4.62. The van der Waals surface area contributed by atoms with Crippen LogP contribution in [0.2, 0.25) is 5.02 Å². The Bertz CT molecular complexity index is 1060. The largest absolute Gasteiger partial charge is 0.353 e. The summed E-state index contributed by atoms with van der Waals surface area (Å²) in [5, 5.41) is 0.731. The van der Waals surface area contributed by atoms with Gasteiger partial charge in [-0.15, -0.1) is 0 Å². The van der Waals surface area contributed by atoms with Gasteiger partial charge in [-0.2, -0.15) is 0 Å². The minimum atomic E-state index is 0.126. The summed E-state index contributed by atoms with van der Waals surface area (Å²) < 4.78 is 0. The molecule has 1 saturated heterocycles. The van der Waals surface area contributed by atoms with Crippen LogP contribution >= 0.6 is 11.6 Å².